The summed E-state index contributed by atoms with van der Waals surface area (Å²) in [5.41, 5.74) is 5.68. The molecule has 9 nitrogen and oxygen atoms in total. The summed E-state index contributed by atoms with van der Waals surface area (Å²) in [6.45, 7) is 5.70. The molecule has 1 aliphatic heterocycles. The van der Waals surface area contributed by atoms with Crippen LogP contribution in [0.3, 0.4) is 0 Å². The summed E-state index contributed by atoms with van der Waals surface area (Å²) in [5, 5.41) is 3.03. The Kier molecular flexibility index (Phi) is 8.39. The first-order chi connectivity index (χ1) is 19.3. The predicted molar refractivity (Wildman–Crippen MR) is 157 cm³/mol. The number of rotatable bonds is 9. The van der Waals surface area contributed by atoms with E-state index in [4.69, 9.17) is 0 Å². The molecule has 10 heteroatoms. The molecular formula is C30H34N6O3S. The number of hydrogen-bond donors (Lipinski definition) is 2. The summed E-state index contributed by atoms with van der Waals surface area (Å²) in [5.74, 6) is -0.225. The third-order valence-corrected chi connectivity index (χ3v) is 8.44. The Morgan fingerprint density at radius 2 is 1.88 bits per heavy atom. The van der Waals surface area contributed by atoms with Crippen molar-refractivity contribution in [2.45, 2.75) is 39.3 Å². The molecule has 2 aromatic heterocycles. The van der Waals surface area contributed by atoms with Gasteiger partial charge in [-0.25, -0.2) is 18.1 Å². The van der Waals surface area contributed by atoms with Gasteiger partial charge in [-0.1, -0.05) is 30.3 Å². The van der Waals surface area contributed by atoms with Crippen molar-refractivity contribution in [3.8, 4) is 16.8 Å². The minimum absolute atomic E-state index is 0.0715. The maximum absolute atomic E-state index is 13.3. The number of carbonyl (C=O) groups excluding carboxylic acids is 1. The van der Waals surface area contributed by atoms with Gasteiger partial charge in [0.1, 0.15) is 5.69 Å². The lowest BCUT2D eigenvalue weighted by molar-refractivity contribution is 0.102. The number of hydrogen-bond acceptors (Lipinski definition) is 6. The number of anilines is 1. The summed E-state index contributed by atoms with van der Waals surface area (Å²) < 4.78 is 29.0. The molecule has 1 aliphatic rings. The molecule has 0 unspecified atom stereocenters. The van der Waals surface area contributed by atoms with E-state index in [2.05, 4.69) is 31.0 Å². The van der Waals surface area contributed by atoms with Crippen LogP contribution in [0.25, 0.3) is 16.8 Å². The predicted octanol–water partition coefficient (Wildman–Crippen LogP) is 4.40. The van der Waals surface area contributed by atoms with Crippen molar-refractivity contribution in [1.82, 2.24) is 24.2 Å². The van der Waals surface area contributed by atoms with Gasteiger partial charge in [-0.15, -0.1) is 0 Å². The summed E-state index contributed by atoms with van der Waals surface area (Å²) >= 11 is 0. The zero-order valence-corrected chi connectivity index (χ0v) is 23.6. The molecular weight excluding hydrogens is 524 g/mol. The van der Waals surface area contributed by atoms with Crippen molar-refractivity contribution < 1.29 is 13.2 Å². The number of aromatic nitrogens is 3. The van der Waals surface area contributed by atoms with Gasteiger partial charge in [-0.05, 0) is 80.3 Å². The van der Waals surface area contributed by atoms with E-state index in [1.165, 1.54) is 0 Å². The monoisotopic (exact) mass is 558 g/mol. The molecule has 2 N–H and O–H groups in total. The number of pyridine rings is 1. The van der Waals surface area contributed by atoms with E-state index < -0.39 is 10.0 Å². The van der Waals surface area contributed by atoms with E-state index in [9.17, 15) is 13.2 Å². The van der Waals surface area contributed by atoms with Crippen LogP contribution in [0, 0.1) is 6.92 Å². The van der Waals surface area contributed by atoms with Gasteiger partial charge in [0.05, 0.1) is 17.8 Å². The Balaban J connectivity index is 1.38. The fourth-order valence-electron chi connectivity index (χ4n) is 5.00. The fraction of sp³-hybridized carbons (Fsp3) is 0.300. The lowest BCUT2D eigenvalue weighted by Gasteiger charge is -2.33. The Morgan fingerprint density at radius 1 is 1.05 bits per heavy atom. The van der Waals surface area contributed by atoms with Crippen molar-refractivity contribution in [3.63, 3.8) is 0 Å². The lowest BCUT2D eigenvalue weighted by Crippen LogP contribution is -2.47. The second-order valence-corrected chi connectivity index (χ2v) is 12.2. The number of sulfonamides is 1. The Hall–Kier alpha value is -3.86. The van der Waals surface area contributed by atoms with E-state index >= 15 is 0 Å². The lowest BCUT2D eigenvalue weighted by atomic mass is 10.0. The molecule has 0 bridgehead atoms. The van der Waals surface area contributed by atoms with Crippen LogP contribution in [0.4, 0.5) is 5.69 Å². The number of carbonyl (C=O) groups is 1. The van der Waals surface area contributed by atoms with Gasteiger partial charge in [-0.3, -0.25) is 14.7 Å². The van der Waals surface area contributed by atoms with Crippen LogP contribution in [0.5, 0.6) is 0 Å². The molecule has 1 atom stereocenters. The molecule has 2 aromatic carbocycles. The standard InChI is InChI=1S/C30H34N6O3S/c1-3-40(38,39)34-26-10-7-13-35(20-26)19-23-14-27(17-28(15-23)36-18-22(2)32-21-36)33-30(37)29-16-25(11-12-31-29)24-8-5-4-6-9-24/h4-6,8-9,11-12,14-18,21,26,34H,3,7,10,13,19-20H2,1-2H3,(H,33,37)/t26-/m0/s1. The zero-order valence-electron chi connectivity index (χ0n) is 22.7. The molecule has 0 radical (unpaired) electrons. The molecule has 0 spiro atoms. The van der Waals surface area contributed by atoms with Crippen LogP contribution in [0.15, 0.2) is 79.4 Å². The number of nitrogens with zero attached hydrogens (tertiary/aromatic N) is 4. The van der Waals surface area contributed by atoms with Crippen LogP contribution in [-0.2, 0) is 16.6 Å². The Bertz CT molecular complexity index is 1590. The molecule has 0 aliphatic carbocycles. The largest absolute Gasteiger partial charge is 0.321 e. The molecule has 3 heterocycles. The fourth-order valence-corrected chi connectivity index (χ4v) is 5.87. The van der Waals surface area contributed by atoms with Gasteiger partial charge in [0, 0.05) is 42.9 Å². The van der Waals surface area contributed by atoms with Crippen LogP contribution in [0.1, 0.15) is 41.5 Å². The molecule has 40 heavy (non-hydrogen) atoms. The van der Waals surface area contributed by atoms with Gasteiger partial charge >= 0.3 is 0 Å². The summed E-state index contributed by atoms with van der Waals surface area (Å²) in [6.07, 6.45) is 7.06. The zero-order chi connectivity index (χ0) is 28.1. The summed E-state index contributed by atoms with van der Waals surface area (Å²) in [4.78, 5) is 24.2. The number of piperidine rings is 1. The van der Waals surface area contributed by atoms with Gasteiger partial charge in [-0.2, -0.15) is 0 Å². The molecule has 0 saturated carbocycles. The highest BCUT2D eigenvalue weighted by molar-refractivity contribution is 7.89. The van der Waals surface area contributed by atoms with Crippen molar-refractivity contribution in [1.29, 1.82) is 0 Å². The van der Waals surface area contributed by atoms with Crippen LogP contribution in [-0.4, -0.2) is 58.6 Å². The minimum Gasteiger partial charge on any atom is -0.321 e. The quantitative estimate of drug-likeness (QED) is 0.315. The van der Waals surface area contributed by atoms with Crippen LogP contribution < -0.4 is 10.0 Å². The van der Waals surface area contributed by atoms with Crippen LogP contribution >= 0.6 is 0 Å². The first kappa shape index (κ1) is 27.7. The van der Waals surface area contributed by atoms with Gasteiger partial charge in [0.25, 0.3) is 5.91 Å². The second-order valence-electron chi connectivity index (χ2n) is 10.2. The first-order valence-electron chi connectivity index (χ1n) is 13.5. The normalized spacial score (nSPS) is 16.1. The first-order valence-corrected chi connectivity index (χ1v) is 15.1. The van der Waals surface area contributed by atoms with Gasteiger partial charge in [0.2, 0.25) is 10.0 Å². The SMILES string of the molecule is CCS(=O)(=O)N[C@H]1CCCN(Cc2cc(NC(=O)c3cc(-c4ccccc4)ccn3)cc(-n3cnc(C)c3)c2)C1. The average molecular weight is 559 g/mol. The summed E-state index contributed by atoms with van der Waals surface area (Å²) in [6, 6.07) is 19.4. The molecule has 1 amide bonds. The average Bonchev–Trinajstić information content (AvgIpc) is 3.40. The number of benzene rings is 2. The van der Waals surface area contributed by atoms with Gasteiger partial charge in [0.15, 0.2) is 0 Å². The maximum atomic E-state index is 13.3. The topological polar surface area (TPSA) is 109 Å². The molecule has 1 saturated heterocycles. The number of imidazole rings is 1. The van der Waals surface area contributed by atoms with Gasteiger partial charge < -0.3 is 9.88 Å². The number of amides is 1. The van der Waals surface area contributed by atoms with E-state index in [1.807, 2.05) is 66.2 Å². The molecule has 1 fully saturated rings. The third-order valence-electron chi connectivity index (χ3n) is 6.98. The maximum Gasteiger partial charge on any atom is 0.274 e. The van der Waals surface area contributed by atoms with Crippen molar-refractivity contribution in [2.75, 3.05) is 24.2 Å². The van der Waals surface area contributed by atoms with Crippen molar-refractivity contribution >= 4 is 21.6 Å². The number of aryl methyl sites for hydroxylation is 1. The van der Waals surface area contributed by atoms with Crippen molar-refractivity contribution in [3.05, 3.63) is 96.3 Å². The third kappa shape index (κ3) is 7.01. The highest BCUT2D eigenvalue weighted by Crippen LogP contribution is 2.24. The van der Waals surface area contributed by atoms with E-state index in [0.29, 0.717) is 24.5 Å². The molecule has 208 valence electrons. The van der Waals surface area contributed by atoms with E-state index in [0.717, 1.165) is 47.5 Å². The number of likely N-dealkylation sites (tertiary alicyclic amines) is 1. The van der Waals surface area contributed by atoms with Crippen molar-refractivity contribution in [2.24, 2.45) is 0 Å². The highest BCUT2D eigenvalue weighted by Gasteiger charge is 2.24. The van der Waals surface area contributed by atoms with E-state index in [1.54, 1.807) is 25.5 Å². The molecule has 5 rings (SSSR count). The summed E-state index contributed by atoms with van der Waals surface area (Å²) in [7, 11) is -3.26. The minimum atomic E-state index is -3.26. The molecule has 4 aromatic rings. The second kappa shape index (κ2) is 12.1. The smallest absolute Gasteiger partial charge is 0.274 e. The Morgan fingerprint density at radius 3 is 2.62 bits per heavy atom. The highest BCUT2D eigenvalue weighted by atomic mass is 32.2. The van der Waals surface area contributed by atoms with E-state index in [-0.39, 0.29) is 17.7 Å². The Labute approximate surface area is 235 Å². The van der Waals surface area contributed by atoms with Crippen LogP contribution in [0.2, 0.25) is 0 Å². The number of nitrogens with one attached hydrogen (secondary N) is 2.